The molecule has 0 aromatic carbocycles. The molecule has 72 valence electrons. The van der Waals surface area contributed by atoms with Gasteiger partial charge >= 0.3 is 0 Å². The molecule has 1 aliphatic rings. The summed E-state index contributed by atoms with van der Waals surface area (Å²) in [6.45, 7) is 1.40. The molecule has 0 radical (unpaired) electrons. The SMILES string of the molecule is CN(C)C1CNCCC1C(F)F. The van der Waals surface area contributed by atoms with E-state index in [-0.39, 0.29) is 6.04 Å². The van der Waals surface area contributed by atoms with Gasteiger partial charge in [0, 0.05) is 18.5 Å². The van der Waals surface area contributed by atoms with E-state index in [1.165, 1.54) is 0 Å². The standard InChI is InChI=1S/C8H16F2N2/c1-12(2)7-5-11-4-3-6(7)8(9)10/h6-8,11H,3-5H2,1-2H3. The van der Waals surface area contributed by atoms with Gasteiger partial charge in [-0.2, -0.15) is 0 Å². The zero-order valence-electron chi connectivity index (χ0n) is 7.56. The van der Waals surface area contributed by atoms with Crippen LogP contribution in [0.5, 0.6) is 0 Å². The van der Waals surface area contributed by atoms with Gasteiger partial charge in [0.15, 0.2) is 0 Å². The highest BCUT2D eigenvalue weighted by Gasteiger charge is 2.32. The second kappa shape index (κ2) is 4.14. The molecule has 1 rings (SSSR count). The summed E-state index contributed by atoms with van der Waals surface area (Å²) >= 11 is 0. The first-order valence-corrected chi connectivity index (χ1v) is 4.28. The summed E-state index contributed by atoms with van der Waals surface area (Å²) in [5.41, 5.74) is 0. The Bertz CT molecular complexity index is 123. The minimum atomic E-state index is -2.18. The van der Waals surface area contributed by atoms with Crippen molar-refractivity contribution in [3.63, 3.8) is 0 Å². The molecule has 2 atom stereocenters. The summed E-state index contributed by atoms with van der Waals surface area (Å²) < 4.78 is 25.0. The number of alkyl halides is 2. The predicted octanol–water partition coefficient (Wildman–Crippen LogP) is 0.791. The Morgan fingerprint density at radius 1 is 1.42 bits per heavy atom. The van der Waals surface area contributed by atoms with Crippen molar-refractivity contribution >= 4 is 0 Å². The van der Waals surface area contributed by atoms with E-state index in [0.717, 1.165) is 6.54 Å². The first kappa shape index (κ1) is 9.86. The average molecular weight is 178 g/mol. The number of likely N-dealkylation sites (N-methyl/N-ethyl adjacent to an activating group) is 1. The number of halogens is 2. The zero-order valence-corrected chi connectivity index (χ0v) is 7.56. The van der Waals surface area contributed by atoms with Crippen LogP contribution in [-0.4, -0.2) is 44.6 Å². The second-order valence-corrected chi connectivity index (χ2v) is 3.52. The number of nitrogens with one attached hydrogen (secondary N) is 1. The Morgan fingerprint density at radius 3 is 2.50 bits per heavy atom. The van der Waals surface area contributed by atoms with Gasteiger partial charge < -0.3 is 10.2 Å². The van der Waals surface area contributed by atoms with Gasteiger partial charge in [0.2, 0.25) is 6.43 Å². The van der Waals surface area contributed by atoms with Crippen molar-refractivity contribution < 1.29 is 8.78 Å². The maximum Gasteiger partial charge on any atom is 0.243 e. The number of piperidine rings is 1. The molecule has 2 nitrogen and oxygen atoms in total. The topological polar surface area (TPSA) is 15.3 Å². The Labute approximate surface area is 71.9 Å². The lowest BCUT2D eigenvalue weighted by Gasteiger charge is -2.35. The zero-order chi connectivity index (χ0) is 9.14. The van der Waals surface area contributed by atoms with Gasteiger partial charge in [-0.05, 0) is 27.1 Å². The van der Waals surface area contributed by atoms with Crippen LogP contribution in [0.25, 0.3) is 0 Å². The number of nitrogens with zero attached hydrogens (tertiary/aromatic N) is 1. The molecule has 1 aliphatic heterocycles. The summed E-state index contributed by atoms with van der Waals surface area (Å²) in [7, 11) is 3.71. The van der Waals surface area contributed by atoms with Crippen LogP contribution in [0.3, 0.4) is 0 Å². The molecule has 2 unspecified atom stereocenters. The van der Waals surface area contributed by atoms with Crippen molar-refractivity contribution in [1.29, 1.82) is 0 Å². The molecule has 1 heterocycles. The van der Waals surface area contributed by atoms with E-state index >= 15 is 0 Å². The second-order valence-electron chi connectivity index (χ2n) is 3.52. The summed E-state index contributed by atoms with van der Waals surface area (Å²) in [6, 6.07) is -0.0150. The minimum Gasteiger partial charge on any atom is -0.315 e. The fourth-order valence-electron chi connectivity index (χ4n) is 1.72. The van der Waals surface area contributed by atoms with Crippen LogP contribution in [-0.2, 0) is 0 Å². The quantitative estimate of drug-likeness (QED) is 0.672. The molecule has 12 heavy (non-hydrogen) atoms. The largest absolute Gasteiger partial charge is 0.315 e. The monoisotopic (exact) mass is 178 g/mol. The molecular formula is C8H16F2N2. The molecule has 0 saturated carbocycles. The van der Waals surface area contributed by atoms with E-state index in [1.54, 1.807) is 0 Å². The first-order valence-electron chi connectivity index (χ1n) is 4.28. The molecule has 0 bridgehead atoms. The van der Waals surface area contributed by atoms with Gasteiger partial charge in [0.05, 0.1) is 0 Å². The molecule has 0 spiro atoms. The lowest BCUT2D eigenvalue weighted by molar-refractivity contribution is 0.0130. The van der Waals surface area contributed by atoms with Crippen LogP contribution >= 0.6 is 0 Å². The van der Waals surface area contributed by atoms with Gasteiger partial charge in [-0.15, -0.1) is 0 Å². The Hall–Kier alpha value is -0.220. The number of hydrogen-bond donors (Lipinski definition) is 1. The molecule has 0 amide bonds. The average Bonchev–Trinajstić information content (AvgIpc) is 2.04. The van der Waals surface area contributed by atoms with Crippen molar-refractivity contribution in [2.24, 2.45) is 5.92 Å². The molecule has 1 N–H and O–H groups in total. The lowest BCUT2D eigenvalue weighted by atomic mass is 9.92. The fourth-order valence-corrected chi connectivity index (χ4v) is 1.72. The van der Waals surface area contributed by atoms with Gasteiger partial charge in [-0.1, -0.05) is 0 Å². The van der Waals surface area contributed by atoms with Gasteiger partial charge in [0.1, 0.15) is 0 Å². The van der Waals surface area contributed by atoms with Gasteiger partial charge in [-0.3, -0.25) is 0 Å². The van der Waals surface area contributed by atoms with Gasteiger partial charge in [0.25, 0.3) is 0 Å². The summed E-state index contributed by atoms with van der Waals surface area (Å²) in [5.74, 6) is -0.457. The first-order chi connectivity index (χ1) is 5.63. The van der Waals surface area contributed by atoms with E-state index in [1.807, 2.05) is 19.0 Å². The van der Waals surface area contributed by atoms with Crippen LogP contribution in [0.4, 0.5) is 8.78 Å². The minimum absolute atomic E-state index is 0.0150. The van der Waals surface area contributed by atoms with Crippen molar-refractivity contribution in [3.8, 4) is 0 Å². The van der Waals surface area contributed by atoms with Crippen LogP contribution < -0.4 is 5.32 Å². The third kappa shape index (κ3) is 2.14. The highest BCUT2D eigenvalue weighted by atomic mass is 19.3. The smallest absolute Gasteiger partial charge is 0.243 e. The van der Waals surface area contributed by atoms with Crippen LogP contribution in [0.2, 0.25) is 0 Å². The number of rotatable bonds is 2. The molecule has 0 aliphatic carbocycles. The number of hydrogen-bond acceptors (Lipinski definition) is 2. The maximum absolute atomic E-state index is 12.5. The van der Waals surface area contributed by atoms with Gasteiger partial charge in [-0.25, -0.2) is 8.78 Å². The van der Waals surface area contributed by atoms with Crippen LogP contribution in [0, 0.1) is 5.92 Å². The predicted molar refractivity (Wildman–Crippen MR) is 44.5 cm³/mol. The Morgan fingerprint density at radius 2 is 2.08 bits per heavy atom. The normalized spacial score (nSPS) is 31.5. The third-order valence-electron chi connectivity index (χ3n) is 2.49. The highest BCUT2D eigenvalue weighted by molar-refractivity contribution is 4.84. The van der Waals surface area contributed by atoms with E-state index in [0.29, 0.717) is 13.0 Å². The summed E-state index contributed by atoms with van der Waals surface area (Å²) in [6.07, 6.45) is -1.60. The van der Waals surface area contributed by atoms with Crippen molar-refractivity contribution in [1.82, 2.24) is 10.2 Å². The van der Waals surface area contributed by atoms with E-state index in [4.69, 9.17) is 0 Å². The van der Waals surface area contributed by atoms with Crippen molar-refractivity contribution in [3.05, 3.63) is 0 Å². The van der Waals surface area contributed by atoms with Crippen molar-refractivity contribution in [2.45, 2.75) is 18.9 Å². The Kier molecular flexibility index (Phi) is 3.40. The van der Waals surface area contributed by atoms with Crippen LogP contribution in [0.15, 0.2) is 0 Å². The molecule has 1 saturated heterocycles. The van der Waals surface area contributed by atoms with E-state index in [9.17, 15) is 8.78 Å². The maximum atomic E-state index is 12.5. The lowest BCUT2D eigenvalue weighted by Crippen LogP contribution is -2.50. The van der Waals surface area contributed by atoms with Crippen LogP contribution in [0.1, 0.15) is 6.42 Å². The molecule has 1 fully saturated rings. The van der Waals surface area contributed by atoms with E-state index < -0.39 is 12.3 Å². The van der Waals surface area contributed by atoms with E-state index in [2.05, 4.69) is 5.32 Å². The third-order valence-corrected chi connectivity index (χ3v) is 2.49. The highest BCUT2D eigenvalue weighted by Crippen LogP contribution is 2.23. The fraction of sp³-hybridized carbons (Fsp3) is 1.00. The Balaban J connectivity index is 2.54. The molecule has 4 heteroatoms. The summed E-state index contributed by atoms with van der Waals surface area (Å²) in [5, 5.41) is 3.13. The molecule has 0 aromatic rings. The molecule has 0 aromatic heterocycles. The molecular weight excluding hydrogens is 162 g/mol. The van der Waals surface area contributed by atoms with Crippen molar-refractivity contribution in [2.75, 3.05) is 27.2 Å². The summed E-state index contributed by atoms with van der Waals surface area (Å²) in [4.78, 5) is 1.88.